The van der Waals surface area contributed by atoms with Crippen molar-refractivity contribution in [3.8, 4) is 5.75 Å². The lowest BCUT2D eigenvalue weighted by molar-refractivity contribution is 0.315. The highest BCUT2D eigenvalue weighted by molar-refractivity contribution is 5.36. The van der Waals surface area contributed by atoms with Crippen LogP contribution in [0.1, 0.15) is 31.4 Å². The zero-order chi connectivity index (χ0) is 9.80. The molecule has 1 N–H and O–H groups in total. The molecule has 1 aliphatic heterocycles. The monoisotopic (exact) mass is 191 g/mol. The number of hydrogen-bond acceptors (Lipinski definition) is 2. The zero-order valence-corrected chi connectivity index (χ0v) is 8.62. The van der Waals surface area contributed by atoms with Crippen LogP contribution in [0.25, 0.3) is 0 Å². The van der Waals surface area contributed by atoms with E-state index in [1.165, 1.54) is 12.0 Å². The van der Waals surface area contributed by atoms with Gasteiger partial charge in [0.1, 0.15) is 5.75 Å². The summed E-state index contributed by atoms with van der Waals surface area (Å²) in [6.45, 7) is 4.01. The van der Waals surface area contributed by atoms with E-state index in [0.29, 0.717) is 6.04 Å². The van der Waals surface area contributed by atoms with E-state index >= 15 is 0 Å². The first-order valence-electron chi connectivity index (χ1n) is 5.37. The van der Waals surface area contributed by atoms with Gasteiger partial charge in [0.15, 0.2) is 0 Å². The number of fused-ring (bicyclic) bond motifs is 1. The van der Waals surface area contributed by atoms with Crippen LogP contribution in [0.3, 0.4) is 0 Å². The van der Waals surface area contributed by atoms with Crippen molar-refractivity contribution in [2.45, 2.75) is 25.8 Å². The van der Waals surface area contributed by atoms with Crippen LogP contribution in [-0.4, -0.2) is 13.2 Å². The molecule has 0 aromatic heterocycles. The SMILES string of the molecule is CCNC1CCCOc2ccccc21. The Hall–Kier alpha value is -1.02. The van der Waals surface area contributed by atoms with Crippen molar-refractivity contribution in [3.05, 3.63) is 29.8 Å². The molecule has 1 aromatic rings. The van der Waals surface area contributed by atoms with Gasteiger partial charge in [0.05, 0.1) is 6.61 Å². The Bertz CT molecular complexity index is 298. The van der Waals surface area contributed by atoms with E-state index in [9.17, 15) is 0 Å². The summed E-state index contributed by atoms with van der Waals surface area (Å²) in [5.41, 5.74) is 1.31. The minimum atomic E-state index is 0.471. The molecule has 1 aromatic carbocycles. The van der Waals surface area contributed by atoms with E-state index in [2.05, 4.69) is 30.4 Å². The molecule has 0 saturated carbocycles. The van der Waals surface area contributed by atoms with Gasteiger partial charge in [-0.1, -0.05) is 25.1 Å². The molecule has 1 unspecified atom stereocenters. The number of benzene rings is 1. The van der Waals surface area contributed by atoms with Crippen molar-refractivity contribution in [2.24, 2.45) is 0 Å². The Morgan fingerprint density at radius 3 is 3.14 bits per heavy atom. The van der Waals surface area contributed by atoms with E-state index < -0.39 is 0 Å². The molecule has 0 radical (unpaired) electrons. The van der Waals surface area contributed by atoms with Gasteiger partial charge in [0, 0.05) is 11.6 Å². The van der Waals surface area contributed by atoms with Crippen LogP contribution in [0.15, 0.2) is 24.3 Å². The van der Waals surface area contributed by atoms with Crippen LogP contribution < -0.4 is 10.1 Å². The molecule has 2 heteroatoms. The van der Waals surface area contributed by atoms with Gasteiger partial charge >= 0.3 is 0 Å². The fourth-order valence-corrected chi connectivity index (χ4v) is 1.98. The molecule has 0 amide bonds. The smallest absolute Gasteiger partial charge is 0.124 e. The minimum absolute atomic E-state index is 0.471. The van der Waals surface area contributed by atoms with Crippen LogP contribution >= 0.6 is 0 Å². The van der Waals surface area contributed by atoms with E-state index in [0.717, 1.165) is 25.3 Å². The van der Waals surface area contributed by atoms with Crippen LogP contribution in [0, 0.1) is 0 Å². The first-order chi connectivity index (χ1) is 6.92. The summed E-state index contributed by atoms with van der Waals surface area (Å²) < 4.78 is 5.69. The van der Waals surface area contributed by atoms with Crippen LogP contribution in [0.5, 0.6) is 5.75 Å². The molecule has 76 valence electrons. The van der Waals surface area contributed by atoms with E-state index in [1.807, 2.05) is 6.07 Å². The second kappa shape index (κ2) is 4.47. The number of hydrogen-bond donors (Lipinski definition) is 1. The Morgan fingerprint density at radius 1 is 1.43 bits per heavy atom. The van der Waals surface area contributed by atoms with Crippen molar-refractivity contribution in [2.75, 3.05) is 13.2 Å². The first kappa shape index (κ1) is 9.53. The highest BCUT2D eigenvalue weighted by atomic mass is 16.5. The summed E-state index contributed by atoms with van der Waals surface area (Å²) in [5.74, 6) is 1.05. The first-order valence-corrected chi connectivity index (χ1v) is 5.37. The Kier molecular flexibility index (Phi) is 3.04. The molecule has 2 nitrogen and oxygen atoms in total. The molecule has 0 fully saturated rings. The fourth-order valence-electron chi connectivity index (χ4n) is 1.98. The maximum Gasteiger partial charge on any atom is 0.124 e. The Balaban J connectivity index is 2.27. The second-order valence-corrected chi connectivity index (χ2v) is 3.64. The summed E-state index contributed by atoms with van der Waals surface area (Å²) in [6.07, 6.45) is 2.30. The molecule has 14 heavy (non-hydrogen) atoms. The minimum Gasteiger partial charge on any atom is -0.493 e. The lowest BCUT2D eigenvalue weighted by atomic mass is 10.0. The van der Waals surface area contributed by atoms with Crippen LogP contribution in [0.4, 0.5) is 0 Å². The third-order valence-corrected chi connectivity index (χ3v) is 2.64. The molecule has 0 aliphatic carbocycles. The van der Waals surface area contributed by atoms with E-state index in [-0.39, 0.29) is 0 Å². The van der Waals surface area contributed by atoms with E-state index in [4.69, 9.17) is 4.74 Å². The van der Waals surface area contributed by atoms with Gasteiger partial charge in [0.25, 0.3) is 0 Å². The lowest BCUT2D eigenvalue weighted by Crippen LogP contribution is -2.20. The summed E-state index contributed by atoms with van der Waals surface area (Å²) in [4.78, 5) is 0. The van der Waals surface area contributed by atoms with Gasteiger partial charge in [-0.2, -0.15) is 0 Å². The average molecular weight is 191 g/mol. The Morgan fingerprint density at radius 2 is 2.29 bits per heavy atom. The van der Waals surface area contributed by atoms with Crippen molar-refractivity contribution in [1.82, 2.24) is 5.32 Å². The largest absolute Gasteiger partial charge is 0.493 e. The molecule has 1 atom stereocenters. The molecule has 0 bridgehead atoms. The number of nitrogens with one attached hydrogen (secondary N) is 1. The predicted octanol–water partition coefficient (Wildman–Crippen LogP) is 2.51. The average Bonchev–Trinajstić information content (AvgIpc) is 2.42. The number of para-hydroxylation sites is 1. The maximum absolute atomic E-state index is 5.69. The summed E-state index contributed by atoms with van der Waals surface area (Å²) in [5, 5.41) is 3.50. The topological polar surface area (TPSA) is 21.3 Å². The van der Waals surface area contributed by atoms with Crippen molar-refractivity contribution in [3.63, 3.8) is 0 Å². The third kappa shape index (κ3) is 1.90. The van der Waals surface area contributed by atoms with Crippen LogP contribution in [0.2, 0.25) is 0 Å². The second-order valence-electron chi connectivity index (χ2n) is 3.64. The summed E-state index contributed by atoms with van der Waals surface area (Å²) in [7, 11) is 0. The van der Waals surface area contributed by atoms with Gasteiger partial charge in [-0.15, -0.1) is 0 Å². The van der Waals surface area contributed by atoms with Crippen molar-refractivity contribution < 1.29 is 4.74 Å². The van der Waals surface area contributed by atoms with Gasteiger partial charge in [0.2, 0.25) is 0 Å². The molecular formula is C12H17NO. The highest BCUT2D eigenvalue weighted by Gasteiger charge is 2.17. The van der Waals surface area contributed by atoms with Gasteiger partial charge in [-0.3, -0.25) is 0 Å². The molecule has 0 saturated heterocycles. The number of ether oxygens (including phenoxy) is 1. The standard InChI is InChI=1S/C12H17NO/c1-2-13-11-7-5-9-14-12-8-4-3-6-10(11)12/h3-4,6,8,11,13H,2,5,7,9H2,1H3. The van der Waals surface area contributed by atoms with E-state index in [1.54, 1.807) is 0 Å². The van der Waals surface area contributed by atoms with Gasteiger partial charge in [-0.25, -0.2) is 0 Å². The maximum atomic E-state index is 5.69. The quantitative estimate of drug-likeness (QED) is 0.775. The third-order valence-electron chi connectivity index (χ3n) is 2.64. The fraction of sp³-hybridized carbons (Fsp3) is 0.500. The van der Waals surface area contributed by atoms with Crippen molar-refractivity contribution in [1.29, 1.82) is 0 Å². The van der Waals surface area contributed by atoms with Crippen molar-refractivity contribution >= 4 is 0 Å². The summed E-state index contributed by atoms with van der Waals surface area (Å²) in [6, 6.07) is 8.81. The molecular weight excluding hydrogens is 174 g/mol. The Labute approximate surface area is 85.3 Å². The predicted molar refractivity (Wildman–Crippen MR) is 57.6 cm³/mol. The lowest BCUT2D eigenvalue weighted by Gasteiger charge is -2.16. The van der Waals surface area contributed by atoms with Crippen LogP contribution in [-0.2, 0) is 0 Å². The van der Waals surface area contributed by atoms with Gasteiger partial charge < -0.3 is 10.1 Å². The highest BCUT2D eigenvalue weighted by Crippen LogP contribution is 2.30. The van der Waals surface area contributed by atoms with Gasteiger partial charge in [-0.05, 0) is 25.5 Å². The molecule has 1 heterocycles. The molecule has 0 spiro atoms. The number of rotatable bonds is 2. The summed E-state index contributed by atoms with van der Waals surface area (Å²) >= 11 is 0. The normalized spacial score (nSPS) is 20.8. The zero-order valence-electron chi connectivity index (χ0n) is 8.62. The molecule has 1 aliphatic rings. The molecule has 2 rings (SSSR count).